The molecule has 188 valence electrons. The van der Waals surface area contributed by atoms with E-state index in [2.05, 4.69) is 97.1 Å². The van der Waals surface area contributed by atoms with E-state index in [0.717, 1.165) is 50.0 Å². The summed E-state index contributed by atoms with van der Waals surface area (Å²) in [5.74, 6) is 0.726. The number of thiophene rings is 1. The molecule has 5 heteroatoms. The van der Waals surface area contributed by atoms with Crippen LogP contribution in [0.15, 0.2) is 127 Å². The van der Waals surface area contributed by atoms with Crippen molar-refractivity contribution < 1.29 is 0 Å². The molecule has 0 radical (unpaired) electrons. The summed E-state index contributed by atoms with van der Waals surface area (Å²) in [4.78, 5) is 15.0. The zero-order valence-electron chi connectivity index (χ0n) is 21.3. The summed E-state index contributed by atoms with van der Waals surface area (Å²) in [6, 6.07) is 44.3. The number of nitrogens with zero attached hydrogens (tertiary/aromatic N) is 3. The Hall–Kier alpha value is -4.71. The molecule has 0 atom stereocenters. The van der Waals surface area contributed by atoms with Gasteiger partial charge in [-0.15, -0.1) is 22.7 Å². The number of rotatable bonds is 4. The first-order chi connectivity index (χ1) is 19.8. The van der Waals surface area contributed by atoms with Crippen LogP contribution in [0, 0.1) is 0 Å². The number of para-hydroxylation sites is 1. The Morgan fingerprint density at radius 2 is 1.18 bits per heavy atom. The molecule has 0 fully saturated rings. The van der Waals surface area contributed by atoms with Crippen LogP contribution in [0.5, 0.6) is 0 Å². The van der Waals surface area contributed by atoms with Gasteiger partial charge in [0.25, 0.3) is 0 Å². The summed E-state index contributed by atoms with van der Waals surface area (Å²) in [6.45, 7) is 0. The van der Waals surface area contributed by atoms with Gasteiger partial charge in [0.05, 0.1) is 21.6 Å². The van der Waals surface area contributed by atoms with E-state index in [1.54, 1.807) is 11.3 Å². The summed E-state index contributed by atoms with van der Waals surface area (Å²) in [5, 5.41) is 3.50. The van der Waals surface area contributed by atoms with E-state index in [1.165, 1.54) is 24.9 Å². The van der Waals surface area contributed by atoms with Crippen molar-refractivity contribution in [1.82, 2.24) is 15.0 Å². The summed E-state index contributed by atoms with van der Waals surface area (Å²) < 4.78 is 3.71. The van der Waals surface area contributed by atoms with Crippen molar-refractivity contribution in [3.63, 3.8) is 0 Å². The van der Waals surface area contributed by atoms with Crippen molar-refractivity contribution in [3.8, 4) is 44.5 Å². The Balaban J connectivity index is 1.36. The van der Waals surface area contributed by atoms with E-state index >= 15 is 0 Å². The molecule has 0 N–H and O–H groups in total. The highest BCUT2D eigenvalue weighted by Crippen LogP contribution is 2.42. The van der Waals surface area contributed by atoms with Crippen LogP contribution < -0.4 is 0 Å². The summed E-state index contributed by atoms with van der Waals surface area (Å²) in [7, 11) is 0. The number of benzene rings is 5. The summed E-state index contributed by atoms with van der Waals surface area (Å²) in [5.41, 5.74) is 7.20. The zero-order chi connectivity index (χ0) is 26.5. The Kier molecular flexibility index (Phi) is 5.50. The van der Waals surface area contributed by atoms with Crippen LogP contribution in [0.25, 0.3) is 74.9 Å². The molecule has 0 spiro atoms. The molecule has 0 aliphatic heterocycles. The Labute approximate surface area is 239 Å². The molecule has 0 unspecified atom stereocenters. The lowest BCUT2D eigenvalue weighted by atomic mass is 10.0. The molecule has 0 bridgehead atoms. The van der Waals surface area contributed by atoms with Crippen molar-refractivity contribution >= 4 is 53.1 Å². The Morgan fingerprint density at radius 1 is 0.450 bits per heavy atom. The van der Waals surface area contributed by atoms with E-state index in [1.807, 2.05) is 41.7 Å². The minimum Gasteiger partial charge on any atom is -0.236 e. The molecule has 8 aromatic rings. The Morgan fingerprint density at radius 3 is 2.00 bits per heavy atom. The maximum atomic E-state index is 5.13. The number of hydrogen-bond donors (Lipinski definition) is 0. The molecular weight excluding hydrogens is 527 g/mol. The third-order valence-corrected chi connectivity index (χ3v) is 9.36. The molecule has 3 aromatic heterocycles. The smallest absolute Gasteiger partial charge is 0.160 e. The lowest BCUT2D eigenvalue weighted by molar-refractivity contribution is 1.19. The fourth-order valence-electron chi connectivity index (χ4n) is 5.23. The van der Waals surface area contributed by atoms with Crippen LogP contribution in [-0.2, 0) is 0 Å². The fraction of sp³-hybridized carbons (Fsp3) is 0. The molecule has 3 nitrogen and oxygen atoms in total. The minimum atomic E-state index is 0.726. The average molecular weight is 548 g/mol. The summed E-state index contributed by atoms with van der Waals surface area (Å²) in [6.07, 6.45) is 0. The minimum absolute atomic E-state index is 0.726. The molecule has 0 aliphatic rings. The third kappa shape index (κ3) is 3.99. The van der Waals surface area contributed by atoms with Gasteiger partial charge in [0.2, 0.25) is 0 Å². The second kappa shape index (κ2) is 9.49. The van der Waals surface area contributed by atoms with Crippen LogP contribution >= 0.6 is 22.7 Å². The predicted octanol–water partition coefficient (Wildman–Crippen LogP) is 10.1. The zero-order valence-corrected chi connectivity index (χ0v) is 22.9. The number of fused-ring (bicyclic) bond motifs is 4. The van der Waals surface area contributed by atoms with Crippen molar-refractivity contribution in [2.75, 3.05) is 0 Å². The lowest BCUT2D eigenvalue weighted by Crippen LogP contribution is -1.96. The number of hydrogen-bond acceptors (Lipinski definition) is 5. The SMILES string of the molecule is c1ccc(-c2cc(-c3cccc4sc5ccc(-c6nc7ccccc7s6)cc5c34)nc(-c3ccccc3)n2)cc1. The van der Waals surface area contributed by atoms with Gasteiger partial charge in [-0.25, -0.2) is 15.0 Å². The first-order valence-electron chi connectivity index (χ1n) is 13.1. The highest BCUT2D eigenvalue weighted by atomic mass is 32.1. The maximum absolute atomic E-state index is 5.13. The molecule has 0 aliphatic carbocycles. The molecule has 3 heterocycles. The topological polar surface area (TPSA) is 38.7 Å². The van der Waals surface area contributed by atoms with Gasteiger partial charge < -0.3 is 0 Å². The van der Waals surface area contributed by atoms with Crippen LogP contribution in [0.4, 0.5) is 0 Å². The van der Waals surface area contributed by atoms with Crippen molar-refractivity contribution in [1.29, 1.82) is 0 Å². The van der Waals surface area contributed by atoms with Gasteiger partial charge in [-0.2, -0.15) is 0 Å². The van der Waals surface area contributed by atoms with Crippen molar-refractivity contribution in [2.45, 2.75) is 0 Å². The van der Waals surface area contributed by atoms with Crippen LogP contribution in [0.3, 0.4) is 0 Å². The van der Waals surface area contributed by atoms with E-state index < -0.39 is 0 Å². The van der Waals surface area contributed by atoms with Gasteiger partial charge in [-0.1, -0.05) is 91.0 Å². The first-order valence-corrected chi connectivity index (χ1v) is 14.7. The molecule has 5 aromatic carbocycles. The number of aromatic nitrogens is 3. The van der Waals surface area contributed by atoms with Gasteiger partial charge in [-0.3, -0.25) is 0 Å². The van der Waals surface area contributed by atoms with Crippen molar-refractivity contribution in [3.05, 3.63) is 127 Å². The standard InChI is InChI=1S/C35H21N3S2/c1-3-10-22(11-4-1)28-21-29(37-34(36-28)23-12-5-2-6-13-23)25-14-9-17-32-33(25)26-20-24(18-19-30(26)39-32)35-38-27-15-7-8-16-31(27)40-35/h1-21H. The molecular formula is C35H21N3S2. The van der Waals surface area contributed by atoms with Gasteiger partial charge in [0, 0.05) is 42.4 Å². The molecule has 8 rings (SSSR count). The highest BCUT2D eigenvalue weighted by molar-refractivity contribution is 7.26. The second-order valence-corrected chi connectivity index (χ2v) is 11.8. The lowest BCUT2D eigenvalue weighted by Gasteiger charge is -2.10. The van der Waals surface area contributed by atoms with Crippen LogP contribution in [0.1, 0.15) is 0 Å². The van der Waals surface area contributed by atoms with Gasteiger partial charge in [0.1, 0.15) is 5.01 Å². The third-order valence-electron chi connectivity index (χ3n) is 7.14. The monoisotopic (exact) mass is 547 g/mol. The maximum Gasteiger partial charge on any atom is 0.160 e. The van der Waals surface area contributed by atoms with Gasteiger partial charge in [0.15, 0.2) is 5.82 Å². The first kappa shape index (κ1) is 23.2. The molecule has 0 amide bonds. The Bertz CT molecular complexity index is 2070. The average Bonchev–Trinajstić information content (AvgIpc) is 3.63. The predicted molar refractivity (Wildman–Crippen MR) is 170 cm³/mol. The number of thiazole rings is 1. The molecule has 0 saturated carbocycles. The molecule has 0 saturated heterocycles. The van der Waals surface area contributed by atoms with E-state index in [-0.39, 0.29) is 0 Å². The van der Waals surface area contributed by atoms with Gasteiger partial charge >= 0.3 is 0 Å². The molecule has 40 heavy (non-hydrogen) atoms. The quantitative estimate of drug-likeness (QED) is 0.220. The highest BCUT2D eigenvalue weighted by Gasteiger charge is 2.17. The van der Waals surface area contributed by atoms with Crippen LogP contribution in [-0.4, -0.2) is 15.0 Å². The normalized spacial score (nSPS) is 11.5. The fourth-order valence-corrected chi connectivity index (χ4v) is 7.30. The summed E-state index contributed by atoms with van der Waals surface area (Å²) >= 11 is 3.56. The van der Waals surface area contributed by atoms with Gasteiger partial charge in [-0.05, 0) is 36.4 Å². The van der Waals surface area contributed by atoms with E-state index in [9.17, 15) is 0 Å². The second-order valence-electron chi connectivity index (χ2n) is 9.67. The van der Waals surface area contributed by atoms with Crippen molar-refractivity contribution in [2.24, 2.45) is 0 Å². The van der Waals surface area contributed by atoms with Crippen LogP contribution in [0.2, 0.25) is 0 Å². The van der Waals surface area contributed by atoms with E-state index in [4.69, 9.17) is 15.0 Å². The largest absolute Gasteiger partial charge is 0.236 e. The van der Waals surface area contributed by atoms with E-state index in [0.29, 0.717) is 0 Å².